The molecule has 4 rings (SSSR count). The minimum atomic E-state index is -0.0268. The van der Waals surface area contributed by atoms with Crippen LogP contribution in [0, 0.1) is 13.8 Å². The number of hydrogen-bond acceptors (Lipinski definition) is 4. The molecule has 0 unspecified atom stereocenters. The van der Waals surface area contributed by atoms with Gasteiger partial charge in [0.05, 0.1) is 12.2 Å². The number of fused-ring (bicyclic) bond motifs is 1. The van der Waals surface area contributed by atoms with E-state index >= 15 is 0 Å². The van der Waals surface area contributed by atoms with Crippen molar-refractivity contribution in [3.05, 3.63) is 75.4 Å². The smallest absolute Gasteiger partial charge is 0.223 e. The molecule has 5 nitrogen and oxygen atoms in total. The predicted molar refractivity (Wildman–Crippen MR) is 116 cm³/mol. The minimum absolute atomic E-state index is 0.00372. The summed E-state index contributed by atoms with van der Waals surface area (Å²) >= 11 is 5.98. The SMILES string of the molecule is Cc1ccc(C(=O)CCC(=O)N2CCc3noc(-c4ccc(Cl)cc4)c3C2)cc1C. The van der Waals surface area contributed by atoms with Crippen LogP contribution in [0.15, 0.2) is 47.0 Å². The predicted octanol–water partition coefficient (Wildman–Crippen LogP) is 5.16. The number of rotatable bonds is 5. The van der Waals surface area contributed by atoms with E-state index in [4.69, 9.17) is 16.1 Å². The van der Waals surface area contributed by atoms with Gasteiger partial charge in [-0.25, -0.2) is 0 Å². The Hall–Kier alpha value is -2.92. The molecule has 0 radical (unpaired) electrons. The summed E-state index contributed by atoms with van der Waals surface area (Å²) in [6.07, 6.45) is 1.05. The fourth-order valence-corrected chi connectivity index (χ4v) is 3.82. The third kappa shape index (κ3) is 4.17. The van der Waals surface area contributed by atoms with Crippen LogP contribution in [0.3, 0.4) is 0 Å². The van der Waals surface area contributed by atoms with E-state index in [2.05, 4.69) is 5.16 Å². The van der Waals surface area contributed by atoms with Crippen LogP contribution in [0.5, 0.6) is 0 Å². The van der Waals surface area contributed by atoms with E-state index in [0.717, 1.165) is 27.9 Å². The van der Waals surface area contributed by atoms with Crippen LogP contribution in [0.4, 0.5) is 0 Å². The summed E-state index contributed by atoms with van der Waals surface area (Å²) in [5, 5.41) is 4.83. The number of amides is 1. The number of benzene rings is 2. The molecule has 1 amide bonds. The summed E-state index contributed by atoms with van der Waals surface area (Å²) in [6.45, 7) is 5.02. The highest BCUT2D eigenvalue weighted by Gasteiger charge is 2.27. The van der Waals surface area contributed by atoms with E-state index < -0.39 is 0 Å². The zero-order valence-electron chi connectivity index (χ0n) is 17.1. The Labute approximate surface area is 180 Å². The molecule has 0 fully saturated rings. The normalized spacial score (nSPS) is 13.2. The van der Waals surface area contributed by atoms with Crippen molar-refractivity contribution < 1.29 is 14.1 Å². The van der Waals surface area contributed by atoms with Crippen molar-refractivity contribution in [3.8, 4) is 11.3 Å². The third-order valence-electron chi connectivity index (χ3n) is 5.69. The van der Waals surface area contributed by atoms with Gasteiger partial charge in [-0.2, -0.15) is 0 Å². The highest BCUT2D eigenvalue weighted by Crippen LogP contribution is 2.31. The van der Waals surface area contributed by atoms with Gasteiger partial charge < -0.3 is 9.42 Å². The lowest BCUT2D eigenvalue weighted by molar-refractivity contribution is -0.132. The molecule has 6 heteroatoms. The molecular formula is C24H23ClN2O3. The molecule has 0 aliphatic carbocycles. The molecule has 0 N–H and O–H groups in total. The van der Waals surface area contributed by atoms with Crippen molar-refractivity contribution in [1.29, 1.82) is 0 Å². The molecule has 1 aromatic heterocycles. The Bertz CT molecular complexity index is 1100. The zero-order valence-corrected chi connectivity index (χ0v) is 17.8. The van der Waals surface area contributed by atoms with Crippen LogP contribution >= 0.6 is 11.6 Å². The fourth-order valence-electron chi connectivity index (χ4n) is 3.69. The number of aromatic nitrogens is 1. The van der Waals surface area contributed by atoms with Crippen molar-refractivity contribution in [2.45, 2.75) is 39.7 Å². The van der Waals surface area contributed by atoms with Crippen molar-refractivity contribution in [3.63, 3.8) is 0 Å². The lowest BCUT2D eigenvalue weighted by atomic mass is 9.99. The third-order valence-corrected chi connectivity index (χ3v) is 5.94. The van der Waals surface area contributed by atoms with Crippen molar-refractivity contribution in [1.82, 2.24) is 10.1 Å². The molecular weight excluding hydrogens is 400 g/mol. The molecule has 1 aliphatic heterocycles. The van der Waals surface area contributed by atoms with Gasteiger partial charge in [-0.15, -0.1) is 0 Å². The number of carbonyl (C=O) groups excluding carboxylic acids is 2. The summed E-state index contributed by atoms with van der Waals surface area (Å²) in [5.41, 5.74) is 5.59. The van der Waals surface area contributed by atoms with E-state index in [1.807, 2.05) is 44.2 Å². The summed E-state index contributed by atoms with van der Waals surface area (Å²) < 4.78 is 5.56. The molecule has 0 bridgehead atoms. The number of Topliss-reactive ketones (excluding diaryl/α,β-unsaturated/α-hetero) is 1. The molecule has 0 atom stereocenters. The average molecular weight is 423 g/mol. The van der Waals surface area contributed by atoms with Gasteiger partial charge >= 0.3 is 0 Å². The molecule has 0 saturated heterocycles. The summed E-state index contributed by atoms with van der Waals surface area (Å²) in [5.74, 6) is 0.641. The maximum Gasteiger partial charge on any atom is 0.223 e. The second-order valence-corrected chi connectivity index (χ2v) is 8.17. The Kier molecular flexibility index (Phi) is 5.73. The summed E-state index contributed by atoms with van der Waals surface area (Å²) in [4.78, 5) is 27.1. The number of ketones is 1. The van der Waals surface area contributed by atoms with Gasteiger partial charge in [0.15, 0.2) is 11.5 Å². The van der Waals surface area contributed by atoms with Gasteiger partial charge in [0.1, 0.15) is 0 Å². The van der Waals surface area contributed by atoms with Gasteiger partial charge in [0.2, 0.25) is 5.91 Å². The fraction of sp³-hybridized carbons (Fsp3) is 0.292. The first-order chi connectivity index (χ1) is 14.4. The average Bonchev–Trinajstić information content (AvgIpc) is 3.17. The van der Waals surface area contributed by atoms with Crippen molar-refractivity contribution in [2.75, 3.05) is 6.54 Å². The van der Waals surface area contributed by atoms with Crippen LogP contribution in [0.2, 0.25) is 5.02 Å². The van der Waals surface area contributed by atoms with E-state index in [1.54, 1.807) is 17.0 Å². The Morgan fingerprint density at radius 1 is 1.07 bits per heavy atom. The highest BCUT2D eigenvalue weighted by atomic mass is 35.5. The monoisotopic (exact) mass is 422 g/mol. The lowest BCUT2D eigenvalue weighted by Crippen LogP contribution is -2.36. The first-order valence-electron chi connectivity index (χ1n) is 10.0. The lowest BCUT2D eigenvalue weighted by Gasteiger charge is -2.26. The summed E-state index contributed by atoms with van der Waals surface area (Å²) in [7, 11) is 0. The standard InChI is InChI=1S/C24H23ClN2O3/c1-15-3-4-18(13-16(15)2)22(28)9-10-23(29)27-12-11-21-20(14-27)24(30-26-21)17-5-7-19(25)8-6-17/h3-8,13H,9-12,14H2,1-2H3. The number of aryl methyl sites for hydroxylation is 2. The van der Waals surface area contributed by atoms with Gasteiger partial charge in [-0.1, -0.05) is 28.9 Å². The molecule has 3 aromatic rings. The second kappa shape index (κ2) is 8.44. The van der Waals surface area contributed by atoms with Crippen LogP contribution in [-0.2, 0) is 17.8 Å². The summed E-state index contributed by atoms with van der Waals surface area (Å²) in [6, 6.07) is 13.0. The topological polar surface area (TPSA) is 63.4 Å². The molecule has 2 aromatic carbocycles. The van der Waals surface area contributed by atoms with Crippen LogP contribution in [0.25, 0.3) is 11.3 Å². The van der Waals surface area contributed by atoms with Gasteiger partial charge in [-0.3, -0.25) is 9.59 Å². The zero-order chi connectivity index (χ0) is 21.3. The second-order valence-electron chi connectivity index (χ2n) is 7.73. The number of halogens is 1. The molecule has 0 saturated carbocycles. The van der Waals surface area contributed by atoms with E-state index in [0.29, 0.717) is 35.9 Å². The molecule has 2 heterocycles. The van der Waals surface area contributed by atoms with E-state index in [1.165, 1.54) is 0 Å². The van der Waals surface area contributed by atoms with Crippen LogP contribution in [0.1, 0.15) is 45.6 Å². The van der Waals surface area contributed by atoms with Gasteiger partial charge in [-0.05, 0) is 55.3 Å². The largest absolute Gasteiger partial charge is 0.356 e. The Morgan fingerprint density at radius 2 is 1.83 bits per heavy atom. The van der Waals surface area contributed by atoms with Gasteiger partial charge in [0.25, 0.3) is 0 Å². The number of nitrogens with zero attached hydrogens (tertiary/aromatic N) is 2. The van der Waals surface area contributed by atoms with Crippen LogP contribution < -0.4 is 0 Å². The van der Waals surface area contributed by atoms with Crippen molar-refractivity contribution in [2.24, 2.45) is 0 Å². The molecule has 154 valence electrons. The Balaban J connectivity index is 1.42. The minimum Gasteiger partial charge on any atom is -0.356 e. The van der Waals surface area contributed by atoms with Crippen molar-refractivity contribution >= 4 is 23.3 Å². The quantitative estimate of drug-likeness (QED) is 0.533. The Morgan fingerprint density at radius 3 is 2.57 bits per heavy atom. The maximum atomic E-state index is 12.8. The number of carbonyl (C=O) groups is 2. The number of hydrogen-bond donors (Lipinski definition) is 0. The molecule has 1 aliphatic rings. The first kappa shape index (κ1) is 20.4. The van der Waals surface area contributed by atoms with Gasteiger partial charge in [0, 0.05) is 47.5 Å². The van der Waals surface area contributed by atoms with Crippen LogP contribution in [-0.4, -0.2) is 28.3 Å². The molecule has 30 heavy (non-hydrogen) atoms. The molecule has 0 spiro atoms. The van der Waals surface area contributed by atoms with E-state index in [-0.39, 0.29) is 24.5 Å². The highest BCUT2D eigenvalue weighted by molar-refractivity contribution is 6.30. The first-order valence-corrected chi connectivity index (χ1v) is 10.4. The maximum absolute atomic E-state index is 12.8. The van der Waals surface area contributed by atoms with E-state index in [9.17, 15) is 9.59 Å².